The summed E-state index contributed by atoms with van der Waals surface area (Å²) in [6.45, 7) is 1.94. The summed E-state index contributed by atoms with van der Waals surface area (Å²) in [6, 6.07) is 17.8. The molecule has 108 valence electrons. The summed E-state index contributed by atoms with van der Waals surface area (Å²) in [5.74, 6) is 0.345. The van der Waals surface area contributed by atoms with Gasteiger partial charge in [-0.1, -0.05) is 53.8 Å². The number of benzene rings is 3. The number of phenols is 1. The summed E-state index contributed by atoms with van der Waals surface area (Å²) in [6.07, 6.45) is 0. The predicted molar refractivity (Wildman–Crippen MR) is 93.3 cm³/mol. The number of aryl methyl sites for hydroxylation is 1. The van der Waals surface area contributed by atoms with E-state index in [1.54, 1.807) is 11.3 Å². The van der Waals surface area contributed by atoms with Crippen LogP contribution in [0.5, 0.6) is 5.75 Å². The average molecular weight is 306 g/mol. The molecule has 0 atom stereocenters. The zero-order valence-electron chi connectivity index (χ0n) is 12.0. The van der Waals surface area contributed by atoms with Gasteiger partial charge in [0.05, 0.1) is 10.2 Å². The molecule has 3 nitrogen and oxygen atoms in total. The number of hydrogen-bond donors (Lipinski definition) is 2. The molecule has 1 aromatic heterocycles. The van der Waals surface area contributed by atoms with E-state index in [0.717, 1.165) is 37.4 Å². The highest BCUT2D eigenvalue weighted by molar-refractivity contribution is 7.22. The van der Waals surface area contributed by atoms with Crippen molar-refractivity contribution in [3.63, 3.8) is 0 Å². The summed E-state index contributed by atoms with van der Waals surface area (Å²) in [7, 11) is 0. The molecule has 22 heavy (non-hydrogen) atoms. The number of thiazole rings is 1. The molecule has 0 fully saturated rings. The largest absolute Gasteiger partial charge is 0.507 e. The molecule has 4 aromatic rings. The molecule has 2 N–H and O–H groups in total. The maximum atomic E-state index is 10.4. The zero-order valence-corrected chi connectivity index (χ0v) is 12.8. The minimum Gasteiger partial charge on any atom is -0.507 e. The number of hydrogen-bond acceptors (Lipinski definition) is 4. The van der Waals surface area contributed by atoms with E-state index in [-0.39, 0.29) is 0 Å². The van der Waals surface area contributed by atoms with E-state index in [1.807, 2.05) is 61.5 Å². The number of nitrogens with one attached hydrogen (secondary N) is 1. The highest BCUT2D eigenvalue weighted by Crippen LogP contribution is 2.40. The lowest BCUT2D eigenvalue weighted by Gasteiger charge is -2.05. The minimum atomic E-state index is 0.345. The molecule has 0 saturated heterocycles. The van der Waals surface area contributed by atoms with Gasteiger partial charge < -0.3 is 10.4 Å². The smallest absolute Gasteiger partial charge is 0.188 e. The second kappa shape index (κ2) is 5.00. The van der Waals surface area contributed by atoms with Crippen LogP contribution in [0, 0.1) is 6.92 Å². The fourth-order valence-corrected chi connectivity index (χ4v) is 3.66. The van der Waals surface area contributed by atoms with Crippen LogP contribution in [0.2, 0.25) is 0 Å². The van der Waals surface area contributed by atoms with Crippen LogP contribution in [0.3, 0.4) is 0 Å². The number of nitrogens with zero attached hydrogens (tertiary/aromatic N) is 1. The topological polar surface area (TPSA) is 45.2 Å². The minimum absolute atomic E-state index is 0.345. The van der Waals surface area contributed by atoms with Gasteiger partial charge in [0.25, 0.3) is 0 Å². The third-order valence-corrected chi connectivity index (χ3v) is 4.88. The van der Waals surface area contributed by atoms with Gasteiger partial charge in [0.1, 0.15) is 5.75 Å². The van der Waals surface area contributed by atoms with Crippen molar-refractivity contribution in [2.24, 2.45) is 0 Å². The summed E-state index contributed by atoms with van der Waals surface area (Å²) in [4.78, 5) is 4.73. The summed E-state index contributed by atoms with van der Waals surface area (Å²) < 4.78 is 1.02. The first-order chi connectivity index (χ1) is 10.7. The van der Waals surface area contributed by atoms with Gasteiger partial charge in [0, 0.05) is 22.0 Å². The molecule has 0 radical (unpaired) electrons. The average Bonchev–Trinajstić information content (AvgIpc) is 2.98. The normalized spacial score (nSPS) is 11.1. The molecule has 0 aliphatic heterocycles. The Labute approximate surface area is 131 Å². The SMILES string of the molecule is Cc1c(O)c2ccccc2c2nc(Nc3ccccc3)sc12. The van der Waals surface area contributed by atoms with Gasteiger partial charge in [0.15, 0.2) is 5.13 Å². The van der Waals surface area contributed by atoms with Gasteiger partial charge in [-0.3, -0.25) is 0 Å². The fourth-order valence-electron chi connectivity index (χ4n) is 2.66. The molecule has 0 aliphatic carbocycles. The first-order valence-corrected chi connectivity index (χ1v) is 7.88. The van der Waals surface area contributed by atoms with Gasteiger partial charge in [-0.15, -0.1) is 0 Å². The van der Waals surface area contributed by atoms with Crippen LogP contribution in [-0.2, 0) is 0 Å². The lowest BCUT2D eigenvalue weighted by molar-refractivity contribution is 0.478. The Balaban J connectivity index is 1.94. The van der Waals surface area contributed by atoms with E-state index >= 15 is 0 Å². The van der Waals surface area contributed by atoms with E-state index < -0.39 is 0 Å². The molecule has 0 bridgehead atoms. The number of anilines is 2. The van der Waals surface area contributed by atoms with Crippen LogP contribution < -0.4 is 5.32 Å². The molecule has 0 amide bonds. The third kappa shape index (κ3) is 2.00. The Morgan fingerprint density at radius 3 is 2.41 bits per heavy atom. The number of aromatic hydroxyl groups is 1. The molecule has 4 rings (SSSR count). The van der Waals surface area contributed by atoms with Crippen LogP contribution >= 0.6 is 11.3 Å². The summed E-state index contributed by atoms with van der Waals surface area (Å²) in [5, 5.41) is 16.4. The summed E-state index contributed by atoms with van der Waals surface area (Å²) >= 11 is 1.57. The number of fused-ring (bicyclic) bond motifs is 3. The zero-order chi connectivity index (χ0) is 15.1. The van der Waals surface area contributed by atoms with Crippen molar-refractivity contribution in [3.05, 3.63) is 60.2 Å². The van der Waals surface area contributed by atoms with Gasteiger partial charge in [-0.25, -0.2) is 4.98 Å². The summed E-state index contributed by atoms with van der Waals surface area (Å²) in [5.41, 5.74) is 2.83. The number of phenolic OH excluding ortho intramolecular Hbond substituents is 1. The molecule has 0 aliphatic rings. The fraction of sp³-hybridized carbons (Fsp3) is 0.0556. The second-order valence-corrected chi connectivity index (χ2v) is 6.21. The Morgan fingerprint density at radius 1 is 0.955 bits per heavy atom. The molecule has 3 aromatic carbocycles. The predicted octanol–water partition coefficient (Wildman–Crippen LogP) is 5.21. The van der Waals surface area contributed by atoms with Gasteiger partial charge in [-0.05, 0) is 19.1 Å². The van der Waals surface area contributed by atoms with E-state index in [0.29, 0.717) is 5.75 Å². The monoisotopic (exact) mass is 306 g/mol. The van der Waals surface area contributed by atoms with Crippen molar-refractivity contribution >= 4 is 43.1 Å². The first-order valence-electron chi connectivity index (χ1n) is 7.07. The number of aromatic nitrogens is 1. The van der Waals surface area contributed by atoms with Crippen molar-refractivity contribution in [3.8, 4) is 5.75 Å². The Morgan fingerprint density at radius 2 is 1.64 bits per heavy atom. The standard InChI is InChI=1S/C18H14N2OS/c1-11-16(21)14-10-6-5-9-13(14)15-17(11)22-18(20-15)19-12-7-3-2-4-8-12/h2-10,21H,1H3,(H,19,20). The second-order valence-electron chi connectivity index (χ2n) is 5.21. The molecular formula is C18H14N2OS. The Bertz CT molecular complexity index is 977. The van der Waals surface area contributed by atoms with E-state index in [4.69, 9.17) is 4.98 Å². The highest BCUT2D eigenvalue weighted by atomic mass is 32.1. The van der Waals surface area contributed by atoms with Crippen molar-refractivity contribution in [1.29, 1.82) is 0 Å². The van der Waals surface area contributed by atoms with Crippen LogP contribution in [0.15, 0.2) is 54.6 Å². The maximum Gasteiger partial charge on any atom is 0.188 e. The first kappa shape index (κ1) is 13.1. The highest BCUT2D eigenvalue weighted by Gasteiger charge is 2.15. The quantitative estimate of drug-likeness (QED) is 0.534. The maximum absolute atomic E-state index is 10.4. The van der Waals surface area contributed by atoms with Crippen molar-refractivity contribution in [2.45, 2.75) is 6.92 Å². The van der Waals surface area contributed by atoms with Crippen molar-refractivity contribution in [2.75, 3.05) is 5.32 Å². The van der Waals surface area contributed by atoms with E-state index in [2.05, 4.69) is 5.32 Å². The Hall–Kier alpha value is -2.59. The van der Waals surface area contributed by atoms with E-state index in [9.17, 15) is 5.11 Å². The molecule has 0 spiro atoms. The third-order valence-electron chi connectivity index (χ3n) is 3.79. The Kier molecular flexibility index (Phi) is 2.98. The van der Waals surface area contributed by atoms with Crippen LogP contribution in [0.4, 0.5) is 10.8 Å². The van der Waals surface area contributed by atoms with Crippen LogP contribution in [-0.4, -0.2) is 10.1 Å². The van der Waals surface area contributed by atoms with Crippen molar-refractivity contribution in [1.82, 2.24) is 4.98 Å². The molecule has 0 saturated carbocycles. The van der Waals surface area contributed by atoms with Crippen molar-refractivity contribution < 1.29 is 5.11 Å². The number of para-hydroxylation sites is 1. The molecule has 1 heterocycles. The molecule has 0 unspecified atom stereocenters. The lowest BCUT2D eigenvalue weighted by atomic mass is 10.0. The van der Waals surface area contributed by atoms with Gasteiger partial charge in [-0.2, -0.15) is 0 Å². The molecule has 4 heteroatoms. The lowest BCUT2D eigenvalue weighted by Crippen LogP contribution is -1.87. The van der Waals surface area contributed by atoms with Crippen LogP contribution in [0.1, 0.15) is 5.56 Å². The van der Waals surface area contributed by atoms with Crippen LogP contribution in [0.25, 0.3) is 21.0 Å². The molecular weight excluding hydrogens is 292 g/mol. The van der Waals surface area contributed by atoms with E-state index in [1.165, 1.54) is 0 Å². The van der Waals surface area contributed by atoms with Gasteiger partial charge in [0.2, 0.25) is 0 Å². The number of rotatable bonds is 2. The van der Waals surface area contributed by atoms with Gasteiger partial charge >= 0.3 is 0 Å².